The molecule has 0 atom stereocenters. The van der Waals surface area contributed by atoms with Crippen molar-refractivity contribution in [1.82, 2.24) is 9.21 Å². The van der Waals surface area contributed by atoms with Gasteiger partial charge in [0, 0.05) is 37.4 Å². The van der Waals surface area contributed by atoms with Gasteiger partial charge in [-0.2, -0.15) is 12.7 Å². The molecule has 0 spiro atoms. The molecular weight excluding hydrogens is 278 g/mol. The fraction of sp³-hybridized carbons (Fsp3) is 0.462. The Balaban J connectivity index is 2.06. The first kappa shape index (κ1) is 15.0. The molecule has 7 heteroatoms. The Hall–Kier alpha value is -1.44. The Morgan fingerprint density at radius 2 is 1.65 bits per heavy atom. The van der Waals surface area contributed by atoms with E-state index in [4.69, 9.17) is 0 Å². The Kier molecular flexibility index (Phi) is 4.42. The number of anilines is 1. The topological polar surface area (TPSA) is 69.7 Å². The molecule has 1 aliphatic heterocycles. The third-order valence-corrected chi connectivity index (χ3v) is 4.88. The largest absolute Gasteiger partial charge is 0.304 e. The van der Waals surface area contributed by atoms with Gasteiger partial charge in [0.2, 0.25) is 0 Å². The fourth-order valence-corrected chi connectivity index (χ4v) is 3.22. The van der Waals surface area contributed by atoms with Crippen LogP contribution < -0.4 is 4.72 Å². The van der Waals surface area contributed by atoms with E-state index in [2.05, 4.69) is 9.62 Å². The summed E-state index contributed by atoms with van der Waals surface area (Å²) >= 11 is 0. The van der Waals surface area contributed by atoms with Gasteiger partial charge in [0.15, 0.2) is 5.78 Å². The predicted molar refractivity (Wildman–Crippen MR) is 78.1 cm³/mol. The maximum absolute atomic E-state index is 12.2. The van der Waals surface area contributed by atoms with Crippen molar-refractivity contribution in [2.45, 2.75) is 6.92 Å². The molecule has 20 heavy (non-hydrogen) atoms. The first-order valence-corrected chi connectivity index (χ1v) is 7.90. The van der Waals surface area contributed by atoms with Crippen LogP contribution in [-0.2, 0) is 10.2 Å². The normalized spacial score (nSPS) is 17.9. The Bertz CT molecular complexity index is 575. The molecule has 0 aliphatic carbocycles. The van der Waals surface area contributed by atoms with Gasteiger partial charge in [0.05, 0.1) is 0 Å². The highest BCUT2D eigenvalue weighted by molar-refractivity contribution is 7.90. The average Bonchev–Trinajstić information content (AvgIpc) is 2.39. The summed E-state index contributed by atoms with van der Waals surface area (Å²) < 4.78 is 28.4. The van der Waals surface area contributed by atoms with E-state index in [-0.39, 0.29) is 5.78 Å². The van der Waals surface area contributed by atoms with E-state index >= 15 is 0 Å². The van der Waals surface area contributed by atoms with E-state index in [9.17, 15) is 13.2 Å². The molecule has 1 aliphatic rings. The third kappa shape index (κ3) is 3.56. The molecule has 0 bridgehead atoms. The molecule has 0 saturated carbocycles. The van der Waals surface area contributed by atoms with Crippen LogP contribution >= 0.6 is 0 Å². The van der Waals surface area contributed by atoms with Crippen molar-refractivity contribution in [3.05, 3.63) is 29.8 Å². The van der Waals surface area contributed by atoms with Crippen LogP contribution in [0.15, 0.2) is 24.3 Å². The molecule has 1 fully saturated rings. The second-order valence-electron chi connectivity index (χ2n) is 4.94. The lowest BCUT2D eigenvalue weighted by Crippen LogP contribution is -2.48. The molecule has 1 aromatic carbocycles. The smallest absolute Gasteiger partial charge is 0.301 e. The highest BCUT2D eigenvalue weighted by atomic mass is 32.2. The molecule has 1 aromatic rings. The van der Waals surface area contributed by atoms with Gasteiger partial charge in [-0.25, -0.2) is 0 Å². The number of carbonyl (C=O) groups excluding carboxylic acids is 1. The number of ketones is 1. The van der Waals surface area contributed by atoms with Crippen LogP contribution in [0.2, 0.25) is 0 Å². The van der Waals surface area contributed by atoms with E-state index in [1.807, 2.05) is 7.05 Å². The maximum Gasteiger partial charge on any atom is 0.301 e. The molecule has 1 saturated heterocycles. The third-order valence-electron chi connectivity index (χ3n) is 3.34. The number of likely N-dealkylation sites (N-methyl/N-ethyl adjacent to an activating group) is 1. The van der Waals surface area contributed by atoms with Gasteiger partial charge >= 0.3 is 10.2 Å². The van der Waals surface area contributed by atoms with Crippen molar-refractivity contribution in [1.29, 1.82) is 0 Å². The molecule has 0 amide bonds. The number of hydrogen-bond donors (Lipinski definition) is 1. The van der Waals surface area contributed by atoms with E-state index in [1.165, 1.54) is 11.2 Å². The highest BCUT2D eigenvalue weighted by Gasteiger charge is 2.25. The van der Waals surface area contributed by atoms with E-state index in [0.29, 0.717) is 24.3 Å². The van der Waals surface area contributed by atoms with Gasteiger partial charge in [-0.15, -0.1) is 0 Å². The van der Waals surface area contributed by atoms with Crippen LogP contribution in [0.25, 0.3) is 0 Å². The summed E-state index contributed by atoms with van der Waals surface area (Å²) in [5, 5.41) is 0. The summed E-state index contributed by atoms with van der Waals surface area (Å²) in [4.78, 5) is 13.3. The van der Waals surface area contributed by atoms with Gasteiger partial charge < -0.3 is 4.90 Å². The molecule has 1 N–H and O–H groups in total. The summed E-state index contributed by atoms with van der Waals surface area (Å²) in [6.07, 6.45) is 0. The Labute approximate surface area is 119 Å². The number of hydrogen-bond acceptors (Lipinski definition) is 4. The van der Waals surface area contributed by atoms with Crippen molar-refractivity contribution in [2.24, 2.45) is 0 Å². The van der Waals surface area contributed by atoms with Crippen molar-refractivity contribution < 1.29 is 13.2 Å². The minimum atomic E-state index is -3.52. The number of piperazine rings is 1. The quantitative estimate of drug-likeness (QED) is 0.834. The van der Waals surface area contributed by atoms with Gasteiger partial charge in [0.1, 0.15) is 0 Å². The summed E-state index contributed by atoms with van der Waals surface area (Å²) in [6, 6.07) is 6.43. The first-order chi connectivity index (χ1) is 9.38. The van der Waals surface area contributed by atoms with Gasteiger partial charge in [-0.1, -0.05) is 0 Å². The zero-order valence-corrected chi connectivity index (χ0v) is 12.5. The molecule has 0 radical (unpaired) electrons. The van der Waals surface area contributed by atoms with Gasteiger partial charge in [-0.05, 0) is 38.2 Å². The van der Waals surface area contributed by atoms with Crippen LogP contribution in [0.5, 0.6) is 0 Å². The molecule has 110 valence electrons. The predicted octanol–water partition coefficient (Wildman–Crippen LogP) is 0.793. The lowest BCUT2D eigenvalue weighted by molar-refractivity contribution is 0.101. The highest BCUT2D eigenvalue weighted by Crippen LogP contribution is 2.14. The molecule has 2 rings (SSSR count). The standard InChI is InChI=1S/C13H19N3O3S/c1-11(17)12-3-5-13(6-4-12)14-20(18,19)16-9-7-15(2)8-10-16/h3-6,14H,7-10H2,1-2H3. The van der Waals surface area contributed by atoms with Crippen LogP contribution in [0.1, 0.15) is 17.3 Å². The minimum absolute atomic E-state index is 0.0431. The summed E-state index contributed by atoms with van der Waals surface area (Å²) in [7, 11) is -1.55. The second kappa shape index (κ2) is 5.90. The Morgan fingerprint density at radius 1 is 1.10 bits per heavy atom. The summed E-state index contributed by atoms with van der Waals surface area (Å²) in [5.41, 5.74) is 1.03. The lowest BCUT2D eigenvalue weighted by Gasteiger charge is -2.31. The number of rotatable bonds is 4. The van der Waals surface area contributed by atoms with E-state index in [0.717, 1.165) is 13.1 Å². The number of nitrogens with zero attached hydrogens (tertiary/aromatic N) is 2. The zero-order chi connectivity index (χ0) is 14.8. The zero-order valence-electron chi connectivity index (χ0n) is 11.7. The van der Waals surface area contributed by atoms with Gasteiger partial charge in [0.25, 0.3) is 0 Å². The number of nitrogens with one attached hydrogen (secondary N) is 1. The number of carbonyl (C=O) groups is 1. The van der Waals surface area contributed by atoms with Crippen LogP contribution in [0, 0.1) is 0 Å². The second-order valence-corrected chi connectivity index (χ2v) is 6.61. The number of benzene rings is 1. The molecule has 1 heterocycles. The maximum atomic E-state index is 12.2. The Morgan fingerprint density at radius 3 is 2.15 bits per heavy atom. The van der Waals surface area contributed by atoms with Crippen LogP contribution in [0.4, 0.5) is 5.69 Å². The van der Waals surface area contributed by atoms with Crippen molar-refractivity contribution in [3.8, 4) is 0 Å². The van der Waals surface area contributed by atoms with Crippen LogP contribution in [0.3, 0.4) is 0 Å². The molecule has 0 aromatic heterocycles. The van der Waals surface area contributed by atoms with Crippen LogP contribution in [-0.4, -0.2) is 56.6 Å². The summed E-state index contributed by atoms with van der Waals surface area (Å²) in [5.74, 6) is -0.0431. The summed E-state index contributed by atoms with van der Waals surface area (Å²) in [6.45, 7) is 3.90. The van der Waals surface area contributed by atoms with E-state index < -0.39 is 10.2 Å². The van der Waals surface area contributed by atoms with E-state index in [1.54, 1.807) is 24.3 Å². The molecular formula is C13H19N3O3S. The molecule has 6 nitrogen and oxygen atoms in total. The minimum Gasteiger partial charge on any atom is -0.304 e. The SMILES string of the molecule is CC(=O)c1ccc(NS(=O)(=O)N2CCN(C)CC2)cc1. The van der Waals surface area contributed by atoms with Crippen molar-refractivity contribution >= 4 is 21.7 Å². The monoisotopic (exact) mass is 297 g/mol. The van der Waals surface area contributed by atoms with Crippen molar-refractivity contribution in [3.63, 3.8) is 0 Å². The number of Topliss-reactive ketones (excluding diaryl/α,β-unsaturated/α-hetero) is 1. The fourth-order valence-electron chi connectivity index (χ4n) is 2.01. The lowest BCUT2D eigenvalue weighted by atomic mass is 10.1. The molecule has 0 unspecified atom stereocenters. The first-order valence-electron chi connectivity index (χ1n) is 6.46. The van der Waals surface area contributed by atoms with Crippen molar-refractivity contribution in [2.75, 3.05) is 37.9 Å². The average molecular weight is 297 g/mol. The van der Waals surface area contributed by atoms with Gasteiger partial charge in [-0.3, -0.25) is 9.52 Å².